The summed E-state index contributed by atoms with van der Waals surface area (Å²) in [5, 5.41) is 0. The molecule has 4 nitrogen and oxygen atoms in total. The van der Waals surface area contributed by atoms with E-state index in [4.69, 9.17) is 10.5 Å². The highest BCUT2D eigenvalue weighted by atomic mass is 16.5. The van der Waals surface area contributed by atoms with Crippen LogP contribution in [-0.2, 0) is 4.74 Å². The summed E-state index contributed by atoms with van der Waals surface area (Å²) in [4.78, 5) is 13.2. The molecule has 0 aliphatic carbocycles. The Kier molecular flexibility index (Phi) is 4.20. The number of likely N-dealkylation sites (tertiary alicyclic amines) is 1. The smallest absolute Gasteiger partial charge is 0.409 e. The number of methoxy groups -OCH3 is 1. The molecule has 1 heterocycles. The van der Waals surface area contributed by atoms with E-state index in [1.54, 1.807) is 0 Å². The van der Waals surface area contributed by atoms with Gasteiger partial charge in [0.25, 0.3) is 0 Å². The third-order valence-electron chi connectivity index (χ3n) is 2.68. The van der Waals surface area contributed by atoms with Crippen LogP contribution in [0.2, 0.25) is 0 Å². The fraction of sp³-hybridized carbons (Fsp3) is 0.900. The Balaban J connectivity index is 2.54. The maximum absolute atomic E-state index is 11.4. The number of carbonyl (C=O) groups is 1. The molecule has 1 fully saturated rings. The van der Waals surface area contributed by atoms with Gasteiger partial charge >= 0.3 is 6.09 Å². The highest BCUT2D eigenvalue weighted by Gasteiger charge is 2.27. The number of hydrogen-bond donors (Lipinski definition) is 1. The Morgan fingerprint density at radius 3 is 2.93 bits per heavy atom. The van der Waals surface area contributed by atoms with Gasteiger partial charge in [0.05, 0.1) is 7.11 Å². The predicted molar refractivity (Wildman–Crippen MR) is 55.0 cm³/mol. The van der Waals surface area contributed by atoms with E-state index in [0.29, 0.717) is 0 Å². The van der Waals surface area contributed by atoms with E-state index in [1.807, 2.05) is 11.8 Å². The van der Waals surface area contributed by atoms with Crippen molar-refractivity contribution in [2.45, 2.75) is 44.7 Å². The Hall–Kier alpha value is -0.770. The minimum absolute atomic E-state index is 0.144. The molecule has 82 valence electrons. The maximum atomic E-state index is 11.4. The first-order valence-corrected chi connectivity index (χ1v) is 5.25. The minimum Gasteiger partial charge on any atom is -0.453 e. The molecule has 0 radical (unpaired) electrons. The molecule has 14 heavy (non-hydrogen) atoms. The second-order valence-corrected chi connectivity index (χ2v) is 4.03. The van der Waals surface area contributed by atoms with Crippen molar-refractivity contribution in [1.29, 1.82) is 0 Å². The molecule has 0 aromatic rings. The summed E-state index contributed by atoms with van der Waals surface area (Å²) in [5.41, 5.74) is 5.75. The first-order valence-electron chi connectivity index (χ1n) is 5.25. The summed E-state index contributed by atoms with van der Waals surface area (Å²) in [5.74, 6) is 0. The van der Waals surface area contributed by atoms with Gasteiger partial charge in [-0.05, 0) is 32.6 Å². The van der Waals surface area contributed by atoms with E-state index >= 15 is 0 Å². The van der Waals surface area contributed by atoms with Gasteiger partial charge in [-0.3, -0.25) is 0 Å². The normalized spacial score (nSPS) is 24.5. The second kappa shape index (κ2) is 5.20. The number of carbonyl (C=O) groups excluding carboxylic acids is 1. The number of ether oxygens (including phenoxy) is 1. The molecule has 0 spiro atoms. The van der Waals surface area contributed by atoms with Crippen molar-refractivity contribution in [3.63, 3.8) is 0 Å². The summed E-state index contributed by atoms with van der Waals surface area (Å²) in [6.07, 6.45) is 3.97. The quantitative estimate of drug-likeness (QED) is 0.732. The Morgan fingerprint density at radius 2 is 2.36 bits per heavy atom. The van der Waals surface area contributed by atoms with Gasteiger partial charge in [-0.2, -0.15) is 0 Å². The summed E-state index contributed by atoms with van der Waals surface area (Å²) in [6, 6.07) is 0.418. The van der Waals surface area contributed by atoms with Gasteiger partial charge in [-0.25, -0.2) is 4.79 Å². The highest BCUT2D eigenvalue weighted by molar-refractivity contribution is 5.67. The number of nitrogens with two attached hydrogens (primary N) is 1. The first kappa shape index (κ1) is 11.3. The van der Waals surface area contributed by atoms with Crippen molar-refractivity contribution < 1.29 is 9.53 Å². The van der Waals surface area contributed by atoms with E-state index in [0.717, 1.165) is 25.8 Å². The topological polar surface area (TPSA) is 55.6 Å². The first-order chi connectivity index (χ1) is 6.65. The Labute approximate surface area is 85.4 Å². The van der Waals surface area contributed by atoms with Crippen LogP contribution in [0.3, 0.4) is 0 Å². The third kappa shape index (κ3) is 2.87. The molecule has 2 unspecified atom stereocenters. The number of hydrogen-bond acceptors (Lipinski definition) is 3. The van der Waals surface area contributed by atoms with Gasteiger partial charge in [0.15, 0.2) is 0 Å². The van der Waals surface area contributed by atoms with Crippen LogP contribution in [0.4, 0.5) is 4.79 Å². The maximum Gasteiger partial charge on any atom is 0.409 e. The summed E-state index contributed by atoms with van der Waals surface area (Å²) < 4.78 is 4.75. The molecule has 0 bridgehead atoms. The molecule has 1 aliphatic rings. The SMILES string of the molecule is COC(=O)N1CCCCC1CC(C)N. The monoisotopic (exact) mass is 200 g/mol. The van der Waals surface area contributed by atoms with Gasteiger partial charge in [0.1, 0.15) is 0 Å². The Bertz CT molecular complexity index is 195. The molecular weight excluding hydrogens is 180 g/mol. The molecule has 1 saturated heterocycles. The van der Waals surface area contributed by atoms with Crippen LogP contribution in [0.15, 0.2) is 0 Å². The van der Waals surface area contributed by atoms with Gasteiger partial charge in [-0.15, -0.1) is 0 Å². The zero-order valence-corrected chi connectivity index (χ0v) is 9.03. The molecule has 2 atom stereocenters. The van der Waals surface area contributed by atoms with Crippen LogP contribution >= 0.6 is 0 Å². The lowest BCUT2D eigenvalue weighted by molar-refractivity contribution is 0.0853. The van der Waals surface area contributed by atoms with Gasteiger partial charge < -0.3 is 15.4 Å². The average molecular weight is 200 g/mol. The number of amides is 1. The van der Waals surface area contributed by atoms with Crippen LogP contribution < -0.4 is 5.73 Å². The zero-order chi connectivity index (χ0) is 10.6. The lowest BCUT2D eigenvalue weighted by Crippen LogP contribution is -2.45. The van der Waals surface area contributed by atoms with E-state index < -0.39 is 0 Å². The summed E-state index contributed by atoms with van der Waals surface area (Å²) >= 11 is 0. The largest absolute Gasteiger partial charge is 0.453 e. The molecule has 1 aliphatic heterocycles. The Morgan fingerprint density at radius 1 is 1.64 bits per heavy atom. The summed E-state index contributed by atoms with van der Waals surface area (Å²) in [7, 11) is 1.43. The van der Waals surface area contributed by atoms with E-state index in [9.17, 15) is 4.79 Å². The predicted octanol–water partition coefficient (Wildman–Crippen LogP) is 1.34. The van der Waals surface area contributed by atoms with Crippen LogP contribution in [0, 0.1) is 0 Å². The molecular formula is C10H20N2O2. The van der Waals surface area contributed by atoms with Crippen molar-refractivity contribution in [2.75, 3.05) is 13.7 Å². The molecule has 0 aromatic carbocycles. The lowest BCUT2D eigenvalue weighted by atomic mass is 9.97. The molecule has 1 rings (SSSR count). The van der Waals surface area contributed by atoms with Crippen molar-refractivity contribution in [3.05, 3.63) is 0 Å². The van der Waals surface area contributed by atoms with Gasteiger partial charge in [0, 0.05) is 18.6 Å². The van der Waals surface area contributed by atoms with Gasteiger partial charge in [0.2, 0.25) is 0 Å². The summed E-state index contributed by atoms with van der Waals surface area (Å²) in [6.45, 7) is 2.79. The minimum atomic E-state index is -0.213. The van der Waals surface area contributed by atoms with Crippen LogP contribution in [0.1, 0.15) is 32.6 Å². The lowest BCUT2D eigenvalue weighted by Gasteiger charge is -2.35. The van der Waals surface area contributed by atoms with Crippen molar-refractivity contribution in [3.8, 4) is 0 Å². The zero-order valence-electron chi connectivity index (χ0n) is 9.03. The van der Waals surface area contributed by atoms with Crippen molar-refractivity contribution in [1.82, 2.24) is 4.90 Å². The van der Waals surface area contributed by atoms with Gasteiger partial charge in [-0.1, -0.05) is 0 Å². The third-order valence-corrected chi connectivity index (χ3v) is 2.68. The van der Waals surface area contributed by atoms with Crippen LogP contribution in [-0.4, -0.2) is 36.7 Å². The number of rotatable bonds is 2. The second-order valence-electron chi connectivity index (χ2n) is 4.03. The standard InChI is InChI=1S/C10H20N2O2/c1-8(11)7-9-5-3-4-6-12(9)10(13)14-2/h8-9H,3-7,11H2,1-2H3. The molecule has 0 aromatic heterocycles. The van der Waals surface area contributed by atoms with E-state index in [1.165, 1.54) is 13.5 Å². The fourth-order valence-corrected chi connectivity index (χ4v) is 2.03. The fourth-order valence-electron chi connectivity index (χ4n) is 2.03. The molecule has 4 heteroatoms. The average Bonchev–Trinajstić information content (AvgIpc) is 2.16. The molecule has 2 N–H and O–H groups in total. The molecule has 1 amide bonds. The van der Waals surface area contributed by atoms with Crippen LogP contribution in [0.5, 0.6) is 0 Å². The number of piperidine rings is 1. The van der Waals surface area contributed by atoms with Crippen molar-refractivity contribution >= 4 is 6.09 Å². The molecule has 0 saturated carbocycles. The van der Waals surface area contributed by atoms with E-state index in [-0.39, 0.29) is 18.2 Å². The number of nitrogens with zero attached hydrogens (tertiary/aromatic N) is 1. The van der Waals surface area contributed by atoms with E-state index in [2.05, 4.69) is 0 Å². The van der Waals surface area contributed by atoms with Crippen molar-refractivity contribution in [2.24, 2.45) is 5.73 Å². The highest BCUT2D eigenvalue weighted by Crippen LogP contribution is 2.21. The van der Waals surface area contributed by atoms with Crippen LogP contribution in [0.25, 0.3) is 0 Å².